The third-order valence-corrected chi connectivity index (χ3v) is 6.29. The van der Waals surface area contributed by atoms with Crippen LogP contribution in [0.4, 0.5) is 4.79 Å². The summed E-state index contributed by atoms with van der Waals surface area (Å²) in [6, 6.07) is 18.0. The van der Waals surface area contributed by atoms with E-state index in [-0.39, 0.29) is 16.4 Å². The molecule has 1 N–H and O–H groups in total. The lowest BCUT2D eigenvalue weighted by Crippen LogP contribution is -2.25. The number of rotatable bonds is 5. The number of hydrogen-bond donors (Lipinski definition) is 1. The Morgan fingerprint density at radius 3 is 2.70 bits per heavy atom. The molecule has 2 aromatic heterocycles. The van der Waals surface area contributed by atoms with Gasteiger partial charge in [-0.1, -0.05) is 42.1 Å². The van der Waals surface area contributed by atoms with E-state index in [2.05, 4.69) is 22.0 Å². The fourth-order valence-electron chi connectivity index (χ4n) is 3.77. The summed E-state index contributed by atoms with van der Waals surface area (Å²) in [5.41, 5.74) is 3.95. The van der Waals surface area contributed by atoms with Crippen LogP contribution >= 0.6 is 11.8 Å². The second-order valence-electron chi connectivity index (χ2n) is 7.27. The molecule has 0 bridgehead atoms. The van der Waals surface area contributed by atoms with Crippen LogP contribution in [0.1, 0.15) is 17.0 Å². The van der Waals surface area contributed by atoms with Crippen molar-refractivity contribution in [2.24, 2.45) is 0 Å². The van der Waals surface area contributed by atoms with Crippen LogP contribution in [-0.2, 0) is 17.8 Å². The number of carbonyl (C=O) groups excluding carboxylic acids is 2. The van der Waals surface area contributed by atoms with E-state index in [0.717, 1.165) is 45.2 Å². The summed E-state index contributed by atoms with van der Waals surface area (Å²) < 4.78 is 8.02. The molecular weight excluding hydrogens is 398 g/mol. The molecule has 3 heterocycles. The van der Waals surface area contributed by atoms with E-state index in [9.17, 15) is 9.59 Å². The lowest BCUT2D eigenvalue weighted by molar-refractivity contribution is -0.118. The Morgan fingerprint density at radius 1 is 1.10 bits per heavy atom. The van der Waals surface area contributed by atoms with E-state index < -0.39 is 0 Å². The van der Waals surface area contributed by atoms with Crippen LogP contribution in [-0.4, -0.2) is 25.9 Å². The van der Waals surface area contributed by atoms with Gasteiger partial charge in [-0.05, 0) is 43.2 Å². The number of nitrogens with one attached hydrogen (secondary N) is 1. The number of imide groups is 1. The Labute approximate surface area is 177 Å². The molecule has 6 nitrogen and oxygen atoms in total. The number of carbonyl (C=O) groups is 2. The summed E-state index contributed by atoms with van der Waals surface area (Å²) in [6.07, 6.45) is 2.54. The van der Waals surface area contributed by atoms with Gasteiger partial charge in [0.05, 0.1) is 11.8 Å². The van der Waals surface area contributed by atoms with E-state index in [0.29, 0.717) is 18.9 Å². The maximum atomic E-state index is 12.0. The summed E-state index contributed by atoms with van der Waals surface area (Å²) in [6.45, 7) is 2.52. The van der Waals surface area contributed by atoms with E-state index in [1.54, 1.807) is 0 Å². The van der Waals surface area contributed by atoms with Crippen LogP contribution in [0.2, 0.25) is 0 Å². The Hall–Kier alpha value is -3.32. The van der Waals surface area contributed by atoms with Crippen LogP contribution in [0, 0.1) is 6.92 Å². The molecule has 0 radical (unpaired) electrons. The maximum Gasteiger partial charge on any atom is 0.286 e. The number of aromatic nitrogens is 2. The van der Waals surface area contributed by atoms with Crippen LogP contribution in [0.5, 0.6) is 0 Å². The molecule has 0 saturated carbocycles. The number of fused-ring (bicyclic) bond motifs is 1. The topological polar surface area (TPSA) is 77.1 Å². The van der Waals surface area contributed by atoms with Gasteiger partial charge >= 0.3 is 0 Å². The molecule has 30 heavy (non-hydrogen) atoms. The Morgan fingerprint density at radius 2 is 1.93 bits per heavy atom. The normalized spacial score (nSPS) is 16.4. The average Bonchev–Trinajstić information content (AvgIpc) is 3.41. The lowest BCUT2D eigenvalue weighted by atomic mass is 10.0. The van der Waals surface area contributed by atoms with Gasteiger partial charge in [0.25, 0.3) is 5.24 Å². The zero-order valence-corrected chi connectivity index (χ0v) is 17.1. The molecule has 1 saturated heterocycles. The number of aryl methyl sites for hydroxylation is 1. The molecule has 1 atom stereocenters. The molecule has 150 valence electrons. The molecule has 7 heteroatoms. The van der Waals surface area contributed by atoms with Crippen molar-refractivity contribution in [3.8, 4) is 11.5 Å². The van der Waals surface area contributed by atoms with Crippen molar-refractivity contribution < 1.29 is 14.0 Å². The van der Waals surface area contributed by atoms with E-state index in [1.165, 1.54) is 0 Å². The summed E-state index contributed by atoms with van der Waals surface area (Å²) in [5.74, 6) is 1.20. The fraction of sp³-hybridized carbons (Fsp3) is 0.174. The first kappa shape index (κ1) is 18.7. The molecule has 1 aliphatic rings. The molecule has 0 aliphatic carbocycles. The summed E-state index contributed by atoms with van der Waals surface area (Å²) in [5, 5.41) is 2.78. The Balaban J connectivity index is 1.43. The first-order chi connectivity index (χ1) is 14.6. The van der Waals surface area contributed by atoms with Crippen LogP contribution in [0.15, 0.2) is 65.2 Å². The minimum atomic E-state index is -0.377. The van der Waals surface area contributed by atoms with E-state index >= 15 is 0 Å². The van der Waals surface area contributed by atoms with Gasteiger partial charge in [0.15, 0.2) is 0 Å². The standard InChI is InChI=1S/C23H19N3O3S/c1-14-18(24-22(29-14)15-6-3-2-4-7-15)13-26-11-10-17-16(8-5-9-19(17)26)12-20-21(27)25-23(28)30-20/h2-11,20H,12-13H2,1H3,(H,25,27,28). The second-order valence-corrected chi connectivity index (χ2v) is 8.44. The number of nitrogens with zero attached hydrogens (tertiary/aromatic N) is 2. The molecule has 0 spiro atoms. The SMILES string of the molecule is Cc1oc(-c2ccccc2)nc1Cn1ccc2c(CC3SC(=O)NC3=O)cccc21. The number of benzene rings is 2. The first-order valence-corrected chi connectivity index (χ1v) is 10.6. The largest absolute Gasteiger partial charge is 0.441 e. The van der Waals surface area contributed by atoms with Crippen molar-refractivity contribution >= 4 is 33.8 Å². The monoisotopic (exact) mass is 417 g/mol. The Kier molecular flexibility index (Phi) is 4.67. The highest BCUT2D eigenvalue weighted by molar-refractivity contribution is 8.15. The molecule has 4 aromatic rings. The number of oxazole rings is 1. The summed E-state index contributed by atoms with van der Waals surface area (Å²) in [4.78, 5) is 28.1. The van der Waals surface area contributed by atoms with Gasteiger partial charge in [0.2, 0.25) is 11.8 Å². The smallest absolute Gasteiger partial charge is 0.286 e. The predicted molar refractivity (Wildman–Crippen MR) is 116 cm³/mol. The van der Waals surface area contributed by atoms with E-state index in [4.69, 9.17) is 9.40 Å². The molecule has 2 amide bonds. The van der Waals surface area contributed by atoms with Crippen molar-refractivity contribution in [3.05, 3.63) is 77.8 Å². The zero-order valence-electron chi connectivity index (χ0n) is 16.3. The molecule has 1 fully saturated rings. The lowest BCUT2D eigenvalue weighted by Gasteiger charge is -2.08. The van der Waals surface area contributed by atoms with Gasteiger partial charge in [-0.25, -0.2) is 4.98 Å². The van der Waals surface area contributed by atoms with Crippen molar-refractivity contribution in [1.29, 1.82) is 0 Å². The molecule has 1 unspecified atom stereocenters. The van der Waals surface area contributed by atoms with E-state index in [1.807, 2.05) is 55.6 Å². The minimum Gasteiger partial charge on any atom is -0.441 e. The third kappa shape index (κ3) is 3.41. The van der Waals surface area contributed by atoms with Gasteiger partial charge in [-0.15, -0.1) is 0 Å². The Bertz CT molecular complexity index is 1260. The predicted octanol–water partition coefficient (Wildman–Crippen LogP) is 4.55. The molecule has 5 rings (SSSR count). The van der Waals surface area contributed by atoms with Crippen LogP contribution < -0.4 is 5.32 Å². The number of thioether (sulfide) groups is 1. The highest BCUT2D eigenvalue weighted by atomic mass is 32.2. The first-order valence-electron chi connectivity index (χ1n) is 9.68. The maximum absolute atomic E-state index is 12.0. The summed E-state index contributed by atoms with van der Waals surface area (Å²) in [7, 11) is 0. The quantitative estimate of drug-likeness (QED) is 0.516. The number of hydrogen-bond acceptors (Lipinski definition) is 5. The molecule has 2 aromatic carbocycles. The van der Waals surface area contributed by atoms with Crippen molar-refractivity contribution in [3.63, 3.8) is 0 Å². The minimum absolute atomic E-state index is 0.215. The highest BCUT2D eigenvalue weighted by Gasteiger charge is 2.31. The summed E-state index contributed by atoms with van der Waals surface area (Å²) >= 11 is 1.06. The molecule has 1 aliphatic heterocycles. The van der Waals surface area contributed by atoms with Crippen molar-refractivity contribution in [2.75, 3.05) is 0 Å². The van der Waals surface area contributed by atoms with Gasteiger partial charge in [0, 0.05) is 22.7 Å². The average molecular weight is 417 g/mol. The molecular formula is C23H19N3O3S. The van der Waals surface area contributed by atoms with Gasteiger partial charge < -0.3 is 8.98 Å². The number of amides is 2. The van der Waals surface area contributed by atoms with Gasteiger partial charge in [-0.3, -0.25) is 14.9 Å². The van der Waals surface area contributed by atoms with Crippen LogP contribution in [0.3, 0.4) is 0 Å². The fourth-order valence-corrected chi connectivity index (χ4v) is 4.62. The second kappa shape index (κ2) is 7.50. The van der Waals surface area contributed by atoms with Crippen LogP contribution in [0.25, 0.3) is 22.4 Å². The van der Waals surface area contributed by atoms with Gasteiger partial charge in [-0.2, -0.15) is 0 Å². The van der Waals surface area contributed by atoms with Crippen molar-refractivity contribution in [1.82, 2.24) is 14.9 Å². The van der Waals surface area contributed by atoms with Crippen molar-refractivity contribution in [2.45, 2.75) is 25.1 Å². The zero-order chi connectivity index (χ0) is 20.7. The third-order valence-electron chi connectivity index (χ3n) is 5.31. The highest BCUT2D eigenvalue weighted by Crippen LogP contribution is 2.29. The van der Waals surface area contributed by atoms with Gasteiger partial charge in [0.1, 0.15) is 11.5 Å².